The fourth-order valence-corrected chi connectivity index (χ4v) is 3.61. The van der Waals surface area contributed by atoms with Gasteiger partial charge in [-0.3, -0.25) is 29.0 Å². The third-order valence-electron chi connectivity index (χ3n) is 5.79. The first-order valence-corrected chi connectivity index (χ1v) is 12.8. The summed E-state index contributed by atoms with van der Waals surface area (Å²) in [6.45, 7) is 0.0995. The number of hydrogen-bond donors (Lipinski definition) is 9. The second-order valence-electron chi connectivity index (χ2n) is 9.20. The van der Waals surface area contributed by atoms with E-state index in [9.17, 15) is 33.9 Å². The lowest BCUT2D eigenvalue weighted by molar-refractivity contribution is -0.143. The number of carboxylic acid groups (broad SMARTS) is 2. The maximum atomic E-state index is 13.4. The third kappa shape index (κ3) is 14.3. The Bertz CT molecular complexity index is 1090. The zero-order valence-corrected chi connectivity index (χ0v) is 22.5. The maximum absolute atomic E-state index is 13.4. The van der Waals surface area contributed by atoms with Gasteiger partial charge in [-0.2, -0.15) is 0 Å². The van der Waals surface area contributed by atoms with E-state index >= 15 is 0 Å². The molecule has 4 unspecified atom stereocenters. The summed E-state index contributed by atoms with van der Waals surface area (Å²) < 4.78 is 0. The minimum Gasteiger partial charge on any atom is -0.481 e. The highest BCUT2D eigenvalue weighted by atomic mass is 16.4. The zero-order chi connectivity index (χ0) is 30.9. The molecule has 0 aliphatic rings. The van der Waals surface area contributed by atoms with Crippen molar-refractivity contribution in [3.8, 4) is 0 Å². The second kappa shape index (κ2) is 17.8. The monoisotopic (exact) mass is 578 g/mol. The third-order valence-corrected chi connectivity index (χ3v) is 5.79. The lowest BCUT2D eigenvalue weighted by Crippen LogP contribution is -2.57. The van der Waals surface area contributed by atoms with Crippen molar-refractivity contribution < 1.29 is 39.0 Å². The summed E-state index contributed by atoms with van der Waals surface area (Å²) in [5, 5.41) is 25.6. The minimum atomic E-state index is -1.53. The predicted octanol–water partition coefficient (Wildman–Crippen LogP) is -2.72. The number of aliphatic imine (C=N–C) groups is 1. The van der Waals surface area contributed by atoms with Crippen LogP contribution >= 0.6 is 0 Å². The number of benzene rings is 1. The second-order valence-corrected chi connectivity index (χ2v) is 9.20. The van der Waals surface area contributed by atoms with E-state index < -0.39 is 66.2 Å². The summed E-state index contributed by atoms with van der Waals surface area (Å²) in [6.07, 6.45) is -0.903. The van der Waals surface area contributed by atoms with Crippen molar-refractivity contribution >= 4 is 41.5 Å². The molecule has 0 heterocycles. The summed E-state index contributed by atoms with van der Waals surface area (Å²) in [5.41, 5.74) is 22.3. The molecule has 13 N–H and O–H groups in total. The Balaban J connectivity index is 3.15. The molecule has 1 aromatic rings. The summed E-state index contributed by atoms with van der Waals surface area (Å²) in [5.74, 6) is -5.92. The number of nitrogens with two attached hydrogens (primary N) is 4. The number of aliphatic carboxylic acids is 2. The molecule has 0 saturated heterocycles. The molecule has 16 nitrogen and oxygen atoms in total. The van der Waals surface area contributed by atoms with Crippen LogP contribution in [0.2, 0.25) is 0 Å². The van der Waals surface area contributed by atoms with Gasteiger partial charge in [0.2, 0.25) is 23.6 Å². The lowest BCUT2D eigenvalue weighted by atomic mass is 10.0. The van der Waals surface area contributed by atoms with Crippen LogP contribution in [0.15, 0.2) is 35.3 Å². The van der Waals surface area contributed by atoms with E-state index in [4.69, 9.17) is 28.0 Å². The molecule has 226 valence electrons. The Labute approximate surface area is 236 Å². The number of carboxylic acids is 2. The van der Waals surface area contributed by atoms with Gasteiger partial charge in [-0.1, -0.05) is 30.3 Å². The molecular formula is C25H38N8O8. The Morgan fingerprint density at radius 1 is 0.756 bits per heavy atom. The van der Waals surface area contributed by atoms with Crippen LogP contribution in [-0.2, 0) is 35.2 Å². The molecule has 41 heavy (non-hydrogen) atoms. The predicted molar refractivity (Wildman–Crippen MR) is 147 cm³/mol. The smallest absolute Gasteiger partial charge is 0.326 e. The van der Waals surface area contributed by atoms with E-state index in [2.05, 4.69) is 20.9 Å². The Morgan fingerprint density at radius 2 is 1.34 bits per heavy atom. The van der Waals surface area contributed by atoms with Gasteiger partial charge in [-0.05, 0) is 31.2 Å². The van der Waals surface area contributed by atoms with Crippen LogP contribution in [-0.4, -0.2) is 82.5 Å². The van der Waals surface area contributed by atoms with Crippen molar-refractivity contribution in [1.82, 2.24) is 16.0 Å². The number of amides is 4. The molecule has 1 rings (SSSR count). The van der Waals surface area contributed by atoms with Gasteiger partial charge in [0.1, 0.15) is 18.1 Å². The van der Waals surface area contributed by atoms with Crippen molar-refractivity contribution in [2.45, 2.75) is 69.1 Å². The molecule has 4 amide bonds. The molecule has 0 aliphatic heterocycles. The van der Waals surface area contributed by atoms with E-state index in [1.165, 1.54) is 0 Å². The average molecular weight is 579 g/mol. The highest BCUT2D eigenvalue weighted by molar-refractivity contribution is 5.94. The first kappa shape index (κ1) is 34.3. The SMILES string of the molecule is NC(=O)CCC(N)C(=O)NC(Cc1ccccc1)C(=O)NC(CCCN=C(N)N)C(=O)NC(CCC(=O)O)C(=O)O. The van der Waals surface area contributed by atoms with Gasteiger partial charge in [0.15, 0.2) is 5.96 Å². The molecule has 0 spiro atoms. The van der Waals surface area contributed by atoms with Gasteiger partial charge in [0, 0.05) is 25.8 Å². The number of carbonyl (C=O) groups excluding carboxylic acids is 4. The minimum absolute atomic E-state index is 0.0135. The number of guanidine groups is 1. The van der Waals surface area contributed by atoms with Gasteiger partial charge in [0.25, 0.3) is 0 Å². The quantitative estimate of drug-likeness (QED) is 0.0461. The highest BCUT2D eigenvalue weighted by Crippen LogP contribution is 2.08. The Kier molecular flexibility index (Phi) is 14.9. The fraction of sp³-hybridized carbons (Fsp3) is 0.480. The average Bonchev–Trinajstić information content (AvgIpc) is 2.90. The fourth-order valence-electron chi connectivity index (χ4n) is 3.61. The van der Waals surface area contributed by atoms with E-state index in [0.29, 0.717) is 5.56 Å². The van der Waals surface area contributed by atoms with Crippen LogP contribution in [0.4, 0.5) is 0 Å². The molecule has 16 heteroatoms. The van der Waals surface area contributed by atoms with Crippen LogP contribution in [0.1, 0.15) is 44.1 Å². The molecule has 0 saturated carbocycles. The molecule has 4 atom stereocenters. The van der Waals surface area contributed by atoms with Crippen LogP contribution in [0, 0.1) is 0 Å². The molecule has 0 aliphatic carbocycles. The zero-order valence-electron chi connectivity index (χ0n) is 22.5. The molecule has 0 fully saturated rings. The van der Waals surface area contributed by atoms with Gasteiger partial charge in [-0.15, -0.1) is 0 Å². The normalized spacial score (nSPS) is 13.5. The first-order valence-electron chi connectivity index (χ1n) is 12.8. The number of rotatable bonds is 19. The Morgan fingerprint density at radius 3 is 1.90 bits per heavy atom. The van der Waals surface area contributed by atoms with Gasteiger partial charge in [0.05, 0.1) is 6.04 Å². The van der Waals surface area contributed by atoms with Crippen molar-refractivity contribution in [2.24, 2.45) is 27.9 Å². The van der Waals surface area contributed by atoms with Crippen LogP contribution < -0.4 is 38.9 Å². The molecule has 0 radical (unpaired) electrons. The summed E-state index contributed by atoms with van der Waals surface area (Å²) >= 11 is 0. The summed E-state index contributed by atoms with van der Waals surface area (Å²) in [4.78, 5) is 76.5. The standard InChI is InChI=1S/C25H38N8O8/c26-15(8-10-19(27)34)21(37)33-18(13-14-5-2-1-3-6-14)23(39)31-16(7-4-12-30-25(28)29)22(38)32-17(24(40)41)9-11-20(35)36/h1-3,5-6,15-18H,4,7-13,26H2,(H2,27,34)(H,31,39)(H,32,38)(H,33,37)(H,35,36)(H,40,41)(H4,28,29,30). The number of primary amides is 1. The number of nitrogens with one attached hydrogen (secondary N) is 3. The summed E-state index contributed by atoms with van der Waals surface area (Å²) in [6, 6.07) is 3.49. The topological polar surface area (TPSA) is 295 Å². The van der Waals surface area contributed by atoms with E-state index in [1.807, 2.05) is 0 Å². The molecular weight excluding hydrogens is 540 g/mol. The highest BCUT2D eigenvalue weighted by Gasteiger charge is 2.30. The van der Waals surface area contributed by atoms with Crippen molar-refractivity contribution in [2.75, 3.05) is 6.54 Å². The van der Waals surface area contributed by atoms with Gasteiger partial charge < -0.3 is 49.1 Å². The van der Waals surface area contributed by atoms with Crippen LogP contribution in [0.3, 0.4) is 0 Å². The first-order chi connectivity index (χ1) is 19.3. The van der Waals surface area contributed by atoms with E-state index in [1.54, 1.807) is 30.3 Å². The molecule has 1 aromatic carbocycles. The van der Waals surface area contributed by atoms with Crippen molar-refractivity contribution in [3.63, 3.8) is 0 Å². The van der Waals surface area contributed by atoms with Gasteiger partial charge >= 0.3 is 11.9 Å². The van der Waals surface area contributed by atoms with Gasteiger partial charge in [-0.25, -0.2) is 4.79 Å². The Hall–Kier alpha value is -4.73. The van der Waals surface area contributed by atoms with Crippen molar-refractivity contribution in [1.29, 1.82) is 0 Å². The van der Waals surface area contributed by atoms with E-state index in [0.717, 1.165) is 0 Å². The lowest BCUT2D eigenvalue weighted by Gasteiger charge is -2.25. The number of carbonyl (C=O) groups is 6. The van der Waals surface area contributed by atoms with Crippen LogP contribution in [0.25, 0.3) is 0 Å². The van der Waals surface area contributed by atoms with Crippen molar-refractivity contribution in [3.05, 3.63) is 35.9 Å². The summed E-state index contributed by atoms with van der Waals surface area (Å²) in [7, 11) is 0. The number of hydrogen-bond acceptors (Lipinski definition) is 8. The maximum Gasteiger partial charge on any atom is 0.326 e. The molecule has 0 aromatic heterocycles. The van der Waals surface area contributed by atoms with Crippen LogP contribution in [0.5, 0.6) is 0 Å². The van der Waals surface area contributed by atoms with E-state index in [-0.39, 0.29) is 51.0 Å². The number of nitrogens with zero attached hydrogens (tertiary/aromatic N) is 1. The largest absolute Gasteiger partial charge is 0.481 e. The molecule has 0 bridgehead atoms.